The molecule has 0 saturated heterocycles. The molecule has 0 unspecified atom stereocenters. The summed E-state index contributed by atoms with van der Waals surface area (Å²) in [4.78, 5) is 19.2. The van der Waals surface area contributed by atoms with Crippen molar-refractivity contribution in [3.8, 4) is 11.4 Å². The maximum absolute atomic E-state index is 13.5. The monoisotopic (exact) mass is 500 g/mol. The summed E-state index contributed by atoms with van der Waals surface area (Å²) in [5.41, 5.74) is 1.53. The highest BCUT2D eigenvalue weighted by Gasteiger charge is 2.22. The van der Waals surface area contributed by atoms with Crippen molar-refractivity contribution in [3.05, 3.63) is 54.1 Å². The maximum atomic E-state index is 13.5. The molecule has 2 aromatic heterocycles. The molecule has 11 heteroatoms. The first kappa shape index (κ1) is 24.1. The molecular weight excluding hydrogens is 475 g/mol. The summed E-state index contributed by atoms with van der Waals surface area (Å²) in [7, 11) is 3.90. The largest absolute Gasteiger partial charge is 0.494 e. The van der Waals surface area contributed by atoms with Crippen LogP contribution in [0.1, 0.15) is 25.7 Å². The first-order chi connectivity index (χ1) is 16.4. The van der Waals surface area contributed by atoms with E-state index in [1.165, 1.54) is 35.2 Å². The Bertz CT molecular complexity index is 1290. The summed E-state index contributed by atoms with van der Waals surface area (Å²) in [5.74, 6) is 1.07. The number of amides is 1. The molecule has 1 atom stereocenters. The number of carbonyl (C=O) groups excluding carboxylic acids is 1. The molecule has 2 aromatic carbocycles. The molecule has 2 heterocycles. The van der Waals surface area contributed by atoms with Crippen LogP contribution in [-0.2, 0) is 4.79 Å². The number of hydrogen-bond acceptors (Lipinski definition) is 8. The molecule has 0 bridgehead atoms. The minimum Gasteiger partial charge on any atom is -0.494 e. The van der Waals surface area contributed by atoms with E-state index in [1.807, 2.05) is 55.6 Å². The zero-order valence-corrected chi connectivity index (χ0v) is 20.9. The Balaban J connectivity index is 1.50. The van der Waals surface area contributed by atoms with Crippen LogP contribution in [0, 0.1) is 5.82 Å². The third-order valence-corrected chi connectivity index (χ3v) is 7.00. The van der Waals surface area contributed by atoms with Gasteiger partial charge in [-0.3, -0.25) is 14.3 Å². The summed E-state index contributed by atoms with van der Waals surface area (Å²) in [6.45, 7) is 4.53. The summed E-state index contributed by atoms with van der Waals surface area (Å²) in [5, 5.41) is 12.6. The van der Waals surface area contributed by atoms with Crippen molar-refractivity contribution < 1.29 is 13.9 Å². The van der Waals surface area contributed by atoms with Gasteiger partial charge in [-0.25, -0.2) is 9.37 Å². The Morgan fingerprint density at radius 2 is 2.00 bits per heavy atom. The number of halogens is 1. The second kappa shape index (κ2) is 10.5. The van der Waals surface area contributed by atoms with E-state index in [-0.39, 0.29) is 23.5 Å². The number of rotatable bonds is 9. The molecule has 0 aliphatic carbocycles. The highest BCUT2D eigenvalue weighted by molar-refractivity contribution is 7.99. The fourth-order valence-electron chi connectivity index (χ4n) is 3.21. The quantitative estimate of drug-likeness (QED) is 0.332. The highest BCUT2D eigenvalue weighted by atomic mass is 32.2. The average molecular weight is 501 g/mol. The molecule has 0 saturated carbocycles. The fourth-order valence-corrected chi connectivity index (χ4v) is 4.88. The highest BCUT2D eigenvalue weighted by Crippen LogP contribution is 2.30. The number of anilines is 1. The van der Waals surface area contributed by atoms with Crippen molar-refractivity contribution in [2.24, 2.45) is 0 Å². The van der Waals surface area contributed by atoms with Crippen LogP contribution in [-0.4, -0.2) is 57.0 Å². The predicted molar refractivity (Wildman–Crippen MR) is 134 cm³/mol. The van der Waals surface area contributed by atoms with Crippen molar-refractivity contribution in [3.63, 3.8) is 0 Å². The van der Waals surface area contributed by atoms with E-state index in [9.17, 15) is 9.18 Å². The van der Waals surface area contributed by atoms with Crippen molar-refractivity contribution in [1.82, 2.24) is 24.6 Å². The molecule has 0 aliphatic rings. The van der Waals surface area contributed by atoms with E-state index in [0.717, 1.165) is 21.7 Å². The van der Waals surface area contributed by atoms with Gasteiger partial charge in [0.1, 0.15) is 11.6 Å². The number of hydrogen-bond donors (Lipinski definition) is 1. The topological polar surface area (TPSA) is 85.2 Å². The Hall–Kier alpha value is -3.02. The van der Waals surface area contributed by atoms with Crippen LogP contribution in [0.15, 0.2) is 47.6 Å². The van der Waals surface area contributed by atoms with Gasteiger partial charge in [0, 0.05) is 5.69 Å². The van der Waals surface area contributed by atoms with E-state index in [2.05, 4.69) is 20.5 Å². The maximum Gasteiger partial charge on any atom is 0.236 e. The zero-order valence-electron chi connectivity index (χ0n) is 19.3. The van der Waals surface area contributed by atoms with Crippen LogP contribution in [0.3, 0.4) is 0 Å². The van der Waals surface area contributed by atoms with Crippen LogP contribution in [0.2, 0.25) is 0 Å². The Kier molecular flexibility index (Phi) is 7.44. The normalized spacial score (nSPS) is 12.3. The van der Waals surface area contributed by atoms with Crippen molar-refractivity contribution in [2.45, 2.75) is 25.0 Å². The molecule has 1 amide bonds. The zero-order chi connectivity index (χ0) is 24.2. The lowest BCUT2D eigenvalue weighted by molar-refractivity contribution is -0.113. The lowest BCUT2D eigenvalue weighted by Crippen LogP contribution is -2.21. The van der Waals surface area contributed by atoms with Crippen LogP contribution >= 0.6 is 23.1 Å². The summed E-state index contributed by atoms with van der Waals surface area (Å²) in [6.07, 6.45) is 0. The van der Waals surface area contributed by atoms with Crippen LogP contribution < -0.4 is 10.1 Å². The van der Waals surface area contributed by atoms with Gasteiger partial charge < -0.3 is 10.1 Å². The third-order valence-electron chi connectivity index (χ3n) is 5.14. The van der Waals surface area contributed by atoms with Gasteiger partial charge in [0.05, 0.1) is 28.6 Å². The number of thioether (sulfide) groups is 1. The van der Waals surface area contributed by atoms with E-state index < -0.39 is 0 Å². The molecule has 0 radical (unpaired) electrons. The van der Waals surface area contributed by atoms with Gasteiger partial charge in [-0.15, -0.1) is 10.2 Å². The first-order valence-corrected chi connectivity index (χ1v) is 12.5. The molecule has 34 heavy (non-hydrogen) atoms. The van der Waals surface area contributed by atoms with Gasteiger partial charge in [0.2, 0.25) is 5.91 Å². The number of ether oxygens (including phenoxy) is 1. The number of carbonyl (C=O) groups is 1. The van der Waals surface area contributed by atoms with Crippen molar-refractivity contribution in [1.29, 1.82) is 0 Å². The van der Waals surface area contributed by atoms with Crippen LogP contribution in [0.4, 0.5) is 9.52 Å². The van der Waals surface area contributed by atoms with Gasteiger partial charge in [0.25, 0.3) is 0 Å². The first-order valence-electron chi connectivity index (χ1n) is 10.7. The predicted octanol–water partition coefficient (Wildman–Crippen LogP) is 4.77. The van der Waals surface area contributed by atoms with Gasteiger partial charge in [-0.1, -0.05) is 23.1 Å². The summed E-state index contributed by atoms with van der Waals surface area (Å²) >= 11 is 2.65. The van der Waals surface area contributed by atoms with Gasteiger partial charge in [-0.05, 0) is 70.4 Å². The molecule has 0 aliphatic heterocycles. The van der Waals surface area contributed by atoms with E-state index >= 15 is 0 Å². The lowest BCUT2D eigenvalue weighted by Gasteiger charge is -2.20. The molecule has 4 aromatic rings. The van der Waals surface area contributed by atoms with Crippen LogP contribution in [0.5, 0.6) is 5.75 Å². The van der Waals surface area contributed by atoms with Crippen LogP contribution in [0.25, 0.3) is 15.9 Å². The number of thiazole rings is 1. The SMILES string of the molecule is CCOc1ccc2nc(NC(=O)CSc3nnc([C@@H](C)N(C)C)n3-c3ccc(F)cc3)sc2c1. The Morgan fingerprint density at radius 3 is 2.71 bits per heavy atom. The Morgan fingerprint density at radius 1 is 1.24 bits per heavy atom. The minimum atomic E-state index is -0.322. The number of benzene rings is 2. The molecule has 0 fully saturated rings. The number of nitrogens with one attached hydrogen (secondary N) is 1. The summed E-state index contributed by atoms with van der Waals surface area (Å²) in [6, 6.07) is 11.7. The number of nitrogens with zero attached hydrogens (tertiary/aromatic N) is 5. The second-order valence-corrected chi connectivity index (χ2v) is 9.68. The van der Waals surface area contributed by atoms with Gasteiger partial charge in [0.15, 0.2) is 16.1 Å². The standard InChI is InChI=1S/C23H25FN6O2S2/c1-5-32-17-10-11-18-19(12-17)34-22(25-18)26-20(31)13-33-23-28-27-21(14(2)29(3)4)30(23)16-8-6-15(24)7-9-16/h6-12,14H,5,13H2,1-4H3,(H,25,26,31)/t14-/m1/s1. The fraction of sp³-hybridized carbons (Fsp3) is 0.304. The number of aromatic nitrogens is 4. The number of fused-ring (bicyclic) bond motifs is 1. The smallest absolute Gasteiger partial charge is 0.236 e. The molecule has 0 spiro atoms. The summed E-state index contributed by atoms with van der Waals surface area (Å²) < 4.78 is 21.8. The van der Waals surface area contributed by atoms with Gasteiger partial charge >= 0.3 is 0 Å². The van der Waals surface area contributed by atoms with Crippen molar-refractivity contribution in [2.75, 3.05) is 31.8 Å². The molecule has 178 valence electrons. The molecular formula is C23H25FN6O2S2. The van der Waals surface area contributed by atoms with Crippen molar-refractivity contribution >= 4 is 44.4 Å². The van der Waals surface area contributed by atoms with E-state index in [1.54, 1.807) is 12.1 Å². The molecule has 8 nitrogen and oxygen atoms in total. The van der Waals surface area contributed by atoms with Gasteiger partial charge in [-0.2, -0.15) is 0 Å². The minimum absolute atomic E-state index is 0.0370. The van der Waals surface area contributed by atoms with E-state index in [4.69, 9.17) is 4.74 Å². The lowest BCUT2D eigenvalue weighted by atomic mass is 10.2. The molecule has 4 rings (SSSR count). The second-order valence-electron chi connectivity index (χ2n) is 7.71. The Labute approximate surface area is 205 Å². The molecule has 1 N–H and O–H groups in total. The van der Waals surface area contributed by atoms with E-state index in [0.29, 0.717) is 22.7 Å². The third kappa shape index (κ3) is 5.37. The average Bonchev–Trinajstić information content (AvgIpc) is 3.41.